The number of hydrogen-bond donors (Lipinski definition) is 2. The zero-order valence-corrected chi connectivity index (χ0v) is 10.9. The summed E-state index contributed by atoms with van der Waals surface area (Å²) in [6.45, 7) is 4.29. The number of carbonyl (C=O) groups is 1. The van der Waals surface area contributed by atoms with E-state index in [9.17, 15) is 0 Å². The fourth-order valence-corrected chi connectivity index (χ4v) is 2.97. The monoisotopic (exact) mass is 265 g/mol. The first-order chi connectivity index (χ1) is 8.74. The van der Waals surface area contributed by atoms with E-state index < -0.39 is 0 Å². The van der Waals surface area contributed by atoms with Gasteiger partial charge in [-0.2, -0.15) is 5.10 Å². The summed E-state index contributed by atoms with van der Waals surface area (Å²) in [6, 6.07) is 4.39. The maximum atomic E-state index is 8.36. The molecule has 0 saturated carbocycles. The molecule has 0 radical (unpaired) electrons. The zero-order valence-electron chi connectivity index (χ0n) is 10.1. The van der Waals surface area contributed by atoms with E-state index in [0.717, 1.165) is 5.52 Å². The second kappa shape index (κ2) is 5.88. The number of aromatic amines is 1. The van der Waals surface area contributed by atoms with Crippen molar-refractivity contribution in [2.75, 3.05) is 13.1 Å². The number of carboxylic acid groups (broad SMARTS) is 1. The van der Waals surface area contributed by atoms with Crippen molar-refractivity contribution in [2.45, 2.75) is 18.2 Å². The molecule has 0 unspecified atom stereocenters. The highest BCUT2D eigenvalue weighted by molar-refractivity contribution is 7.97. The van der Waals surface area contributed by atoms with Gasteiger partial charge in [0.1, 0.15) is 0 Å². The maximum Gasteiger partial charge on any atom is 0.290 e. The summed E-state index contributed by atoms with van der Waals surface area (Å²) < 4.78 is 2.38. The van der Waals surface area contributed by atoms with Crippen LogP contribution in [0.5, 0.6) is 0 Å². The van der Waals surface area contributed by atoms with E-state index in [0.29, 0.717) is 0 Å². The van der Waals surface area contributed by atoms with Gasteiger partial charge in [-0.3, -0.25) is 9.89 Å². The van der Waals surface area contributed by atoms with Gasteiger partial charge in [-0.05, 0) is 43.0 Å². The second-order valence-corrected chi connectivity index (χ2v) is 5.22. The molecule has 0 amide bonds. The summed E-state index contributed by atoms with van der Waals surface area (Å²) in [4.78, 5) is 9.65. The lowest BCUT2D eigenvalue weighted by atomic mass is 10.2. The van der Waals surface area contributed by atoms with Gasteiger partial charge in [-0.15, -0.1) is 0 Å². The topological polar surface area (TPSA) is 69.2 Å². The minimum atomic E-state index is -0.250. The first-order valence-electron chi connectivity index (χ1n) is 5.69. The molecule has 0 atom stereocenters. The molecular weight excluding hydrogens is 250 g/mol. The maximum absolute atomic E-state index is 8.36. The Hall–Kier alpha value is -1.53. The molecule has 18 heavy (non-hydrogen) atoms. The van der Waals surface area contributed by atoms with Crippen LogP contribution in [0.15, 0.2) is 23.2 Å². The fourth-order valence-electron chi connectivity index (χ4n) is 1.76. The first-order valence-corrected chi connectivity index (χ1v) is 6.46. The molecule has 1 fully saturated rings. The molecular formula is C12H15N3O2S. The Labute approximate surface area is 109 Å². The number of aromatic nitrogens is 2. The highest BCUT2D eigenvalue weighted by Gasteiger charge is 2.16. The number of benzene rings is 1. The number of aryl methyl sites for hydroxylation is 1. The fraction of sp³-hybridized carbons (Fsp3) is 0.333. The van der Waals surface area contributed by atoms with Crippen LogP contribution >= 0.6 is 11.9 Å². The zero-order chi connectivity index (χ0) is 13.0. The van der Waals surface area contributed by atoms with Crippen LogP contribution in [0.2, 0.25) is 0 Å². The van der Waals surface area contributed by atoms with Crippen LogP contribution in [-0.2, 0) is 4.79 Å². The number of rotatable bonds is 2. The molecule has 2 aromatic rings. The van der Waals surface area contributed by atoms with Crippen molar-refractivity contribution < 1.29 is 9.90 Å². The predicted octanol–water partition coefficient (Wildman–Crippen LogP) is 2.28. The molecule has 0 spiro atoms. The van der Waals surface area contributed by atoms with Crippen molar-refractivity contribution >= 4 is 29.3 Å². The number of nitrogens with one attached hydrogen (secondary N) is 1. The van der Waals surface area contributed by atoms with Crippen LogP contribution in [0.4, 0.5) is 0 Å². The van der Waals surface area contributed by atoms with Crippen molar-refractivity contribution in [1.82, 2.24) is 14.5 Å². The molecule has 5 nitrogen and oxygen atoms in total. The number of hydrogen-bond acceptors (Lipinski definition) is 4. The van der Waals surface area contributed by atoms with Crippen molar-refractivity contribution in [3.8, 4) is 0 Å². The smallest absolute Gasteiger partial charge is 0.290 e. The number of fused-ring (bicyclic) bond motifs is 1. The Bertz CT molecular complexity index is 537. The molecule has 6 heteroatoms. The Kier molecular flexibility index (Phi) is 4.22. The van der Waals surface area contributed by atoms with Gasteiger partial charge < -0.3 is 5.11 Å². The summed E-state index contributed by atoms with van der Waals surface area (Å²) >= 11 is 1.84. The van der Waals surface area contributed by atoms with Crippen molar-refractivity contribution in [1.29, 1.82) is 0 Å². The minimum Gasteiger partial charge on any atom is -0.483 e. The van der Waals surface area contributed by atoms with Gasteiger partial charge in [0.05, 0.1) is 11.7 Å². The molecule has 1 aliphatic heterocycles. The van der Waals surface area contributed by atoms with Crippen molar-refractivity contribution in [3.05, 3.63) is 23.9 Å². The third-order valence-corrected chi connectivity index (χ3v) is 3.84. The van der Waals surface area contributed by atoms with Crippen LogP contribution in [0.25, 0.3) is 10.9 Å². The van der Waals surface area contributed by atoms with E-state index in [1.54, 1.807) is 0 Å². The van der Waals surface area contributed by atoms with Crippen LogP contribution in [-0.4, -0.2) is 39.2 Å². The molecule has 1 aliphatic rings. The number of nitrogens with zero attached hydrogens (tertiary/aromatic N) is 2. The van der Waals surface area contributed by atoms with E-state index in [4.69, 9.17) is 9.90 Å². The molecule has 0 bridgehead atoms. The average Bonchev–Trinajstić information content (AvgIpc) is 2.72. The van der Waals surface area contributed by atoms with Crippen LogP contribution < -0.4 is 0 Å². The van der Waals surface area contributed by atoms with Crippen molar-refractivity contribution in [2.24, 2.45) is 0 Å². The summed E-state index contributed by atoms with van der Waals surface area (Å²) in [5.74, 6) is 0. The van der Waals surface area contributed by atoms with Gasteiger partial charge in [0.2, 0.25) is 0 Å². The summed E-state index contributed by atoms with van der Waals surface area (Å²) in [5.41, 5.74) is 2.46. The van der Waals surface area contributed by atoms with Crippen LogP contribution in [0.3, 0.4) is 0 Å². The van der Waals surface area contributed by atoms with E-state index in [1.165, 1.54) is 35.4 Å². The molecule has 2 heterocycles. The highest BCUT2D eigenvalue weighted by Crippen LogP contribution is 2.32. The standard InChI is InChI=1S/C11H13N3S.CH2O2/c1-8-5-9-7-12-13-11(9)10(6-8)15-14-3-2-4-14;2-1-3/h5-7H,2-4H2,1H3,(H,12,13);1H,(H,2,3). The Balaban J connectivity index is 0.000000367. The molecule has 2 N–H and O–H groups in total. The van der Waals surface area contributed by atoms with Crippen LogP contribution in [0.1, 0.15) is 12.0 Å². The van der Waals surface area contributed by atoms with Gasteiger partial charge in [0.15, 0.2) is 0 Å². The average molecular weight is 265 g/mol. The van der Waals surface area contributed by atoms with E-state index in [2.05, 4.69) is 33.6 Å². The number of H-pyrrole nitrogens is 1. The summed E-state index contributed by atoms with van der Waals surface area (Å²) in [7, 11) is 0. The molecule has 1 saturated heterocycles. The van der Waals surface area contributed by atoms with Gasteiger partial charge in [-0.1, -0.05) is 0 Å². The largest absolute Gasteiger partial charge is 0.483 e. The van der Waals surface area contributed by atoms with E-state index >= 15 is 0 Å². The van der Waals surface area contributed by atoms with Gasteiger partial charge >= 0.3 is 0 Å². The lowest BCUT2D eigenvalue weighted by Gasteiger charge is -2.29. The normalized spacial score (nSPS) is 14.7. The third kappa shape index (κ3) is 2.83. The molecule has 1 aromatic heterocycles. The summed E-state index contributed by atoms with van der Waals surface area (Å²) in [5, 5.41) is 15.3. The second-order valence-electron chi connectivity index (χ2n) is 4.08. The molecule has 96 valence electrons. The first kappa shape index (κ1) is 12.9. The molecule has 3 rings (SSSR count). The van der Waals surface area contributed by atoms with Crippen LogP contribution in [0, 0.1) is 6.92 Å². The van der Waals surface area contributed by atoms with E-state index in [1.807, 2.05) is 18.1 Å². The molecule has 0 aliphatic carbocycles. The Morgan fingerprint density at radius 1 is 1.50 bits per heavy atom. The predicted molar refractivity (Wildman–Crippen MR) is 71.6 cm³/mol. The minimum absolute atomic E-state index is 0.250. The SMILES string of the molecule is Cc1cc(SN2CCC2)c2[nH]ncc2c1.O=CO. The Morgan fingerprint density at radius 2 is 2.22 bits per heavy atom. The third-order valence-electron chi connectivity index (χ3n) is 2.70. The quantitative estimate of drug-likeness (QED) is 0.644. The summed E-state index contributed by atoms with van der Waals surface area (Å²) in [6.07, 6.45) is 3.22. The van der Waals surface area contributed by atoms with Gasteiger partial charge in [-0.25, -0.2) is 4.31 Å². The van der Waals surface area contributed by atoms with Gasteiger partial charge in [0, 0.05) is 23.4 Å². The van der Waals surface area contributed by atoms with Gasteiger partial charge in [0.25, 0.3) is 6.47 Å². The lowest BCUT2D eigenvalue weighted by molar-refractivity contribution is -0.122. The Morgan fingerprint density at radius 3 is 2.83 bits per heavy atom. The highest BCUT2D eigenvalue weighted by atomic mass is 32.2. The lowest BCUT2D eigenvalue weighted by Crippen LogP contribution is -2.30. The van der Waals surface area contributed by atoms with E-state index in [-0.39, 0.29) is 6.47 Å². The van der Waals surface area contributed by atoms with Crippen molar-refractivity contribution in [3.63, 3.8) is 0 Å². The molecule has 1 aromatic carbocycles.